The number of hydrogen-bond acceptors (Lipinski definition) is 2. The van der Waals surface area contributed by atoms with Crippen molar-refractivity contribution in [2.45, 2.75) is 25.3 Å². The molecule has 0 saturated heterocycles. The Kier molecular flexibility index (Phi) is 2.54. The Hall–Kier alpha value is -0.540. The lowest BCUT2D eigenvalue weighted by Gasteiger charge is -2.35. The number of hydrogen-bond donors (Lipinski definition) is 1. The summed E-state index contributed by atoms with van der Waals surface area (Å²) in [6, 6.07) is 6.05. The summed E-state index contributed by atoms with van der Waals surface area (Å²) in [7, 11) is 0. The van der Waals surface area contributed by atoms with Gasteiger partial charge in [-0.3, -0.25) is 0 Å². The van der Waals surface area contributed by atoms with Crippen LogP contribution in [-0.4, -0.2) is 6.61 Å². The minimum atomic E-state index is -0.211. The summed E-state index contributed by atoms with van der Waals surface area (Å²) in [5.74, 6) is 0.920. The molecule has 1 aliphatic rings. The van der Waals surface area contributed by atoms with Gasteiger partial charge in [0.05, 0.1) is 11.1 Å². The zero-order valence-electron chi connectivity index (χ0n) is 8.22. The van der Waals surface area contributed by atoms with E-state index in [2.05, 4.69) is 28.9 Å². The van der Waals surface area contributed by atoms with Gasteiger partial charge in [-0.25, -0.2) is 0 Å². The summed E-state index contributed by atoms with van der Waals surface area (Å²) in [4.78, 5) is 0. The van der Waals surface area contributed by atoms with Crippen LogP contribution >= 0.6 is 15.9 Å². The third-order valence-electron chi connectivity index (χ3n) is 2.93. The van der Waals surface area contributed by atoms with Crippen molar-refractivity contribution < 1.29 is 4.74 Å². The van der Waals surface area contributed by atoms with Gasteiger partial charge in [0.25, 0.3) is 0 Å². The molecule has 0 aliphatic carbocycles. The van der Waals surface area contributed by atoms with E-state index in [0.717, 1.165) is 28.6 Å². The molecule has 0 radical (unpaired) electrons. The number of benzene rings is 1. The Balaban J connectivity index is 2.55. The first kappa shape index (κ1) is 9.99. The molecular formula is C11H14BrNO. The highest BCUT2D eigenvalue weighted by Gasteiger charge is 2.32. The molecule has 0 bridgehead atoms. The van der Waals surface area contributed by atoms with Gasteiger partial charge in [0.1, 0.15) is 5.75 Å². The first-order chi connectivity index (χ1) is 6.67. The molecule has 2 rings (SSSR count). The van der Waals surface area contributed by atoms with Crippen molar-refractivity contribution in [3.63, 3.8) is 0 Å². The monoisotopic (exact) mass is 255 g/mol. The van der Waals surface area contributed by atoms with E-state index in [1.54, 1.807) is 0 Å². The van der Waals surface area contributed by atoms with Crippen molar-refractivity contribution in [2.75, 3.05) is 6.61 Å². The predicted octanol–water partition coefficient (Wildman–Crippen LogP) is 2.80. The number of ether oxygens (including phenoxy) is 1. The van der Waals surface area contributed by atoms with Crippen LogP contribution < -0.4 is 10.5 Å². The standard InChI is InChI=1S/C11H14BrNO/c1-2-11(13)6-7-14-10-8(11)4-3-5-9(10)12/h3-5H,2,6-7,13H2,1H3. The molecule has 2 nitrogen and oxygen atoms in total. The smallest absolute Gasteiger partial charge is 0.138 e. The van der Waals surface area contributed by atoms with Gasteiger partial charge in [-0.15, -0.1) is 0 Å². The zero-order valence-corrected chi connectivity index (χ0v) is 9.80. The maximum atomic E-state index is 6.34. The van der Waals surface area contributed by atoms with E-state index in [1.807, 2.05) is 12.1 Å². The third kappa shape index (κ3) is 1.44. The molecule has 1 atom stereocenters. The van der Waals surface area contributed by atoms with Gasteiger partial charge in [-0.2, -0.15) is 0 Å². The number of rotatable bonds is 1. The molecule has 1 aromatic carbocycles. The maximum absolute atomic E-state index is 6.34. The van der Waals surface area contributed by atoms with E-state index in [4.69, 9.17) is 10.5 Å². The van der Waals surface area contributed by atoms with Gasteiger partial charge in [-0.1, -0.05) is 19.1 Å². The van der Waals surface area contributed by atoms with Crippen molar-refractivity contribution in [1.29, 1.82) is 0 Å². The third-order valence-corrected chi connectivity index (χ3v) is 3.55. The Morgan fingerprint density at radius 3 is 3.07 bits per heavy atom. The molecule has 0 fully saturated rings. The second-order valence-electron chi connectivity index (χ2n) is 3.72. The van der Waals surface area contributed by atoms with E-state index in [1.165, 1.54) is 0 Å². The van der Waals surface area contributed by atoms with Crippen molar-refractivity contribution in [3.8, 4) is 5.75 Å². The first-order valence-corrected chi connectivity index (χ1v) is 5.67. The van der Waals surface area contributed by atoms with Crippen LogP contribution in [0.25, 0.3) is 0 Å². The van der Waals surface area contributed by atoms with Crippen molar-refractivity contribution in [2.24, 2.45) is 5.73 Å². The highest BCUT2D eigenvalue weighted by molar-refractivity contribution is 9.10. The van der Waals surface area contributed by atoms with Crippen LogP contribution in [0.5, 0.6) is 5.75 Å². The number of fused-ring (bicyclic) bond motifs is 1. The van der Waals surface area contributed by atoms with Crippen LogP contribution in [0, 0.1) is 0 Å². The fourth-order valence-corrected chi connectivity index (χ4v) is 2.37. The lowest BCUT2D eigenvalue weighted by Crippen LogP contribution is -2.40. The second-order valence-corrected chi connectivity index (χ2v) is 4.58. The molecule has 76 valence electrons. The van der Waals surface area contributed by atoms with Gasteiger partial charge in [0.15, 0.2) is 0 Å². The summed E-state index contributed by atoms with van der Waals surface area (Å²) in [5.41, 5.74) is 7.25. The molecule has 0 aromatic heterocycles. The zero-order chi connectivity index (χ0) is 10.2. The molecule has 3 heteroatoms. The first-order valence-electron chi connectivity index (χ1n) is 4.88. The summed E-state index contributed by atoms with van der Waals surface area (Å²) >= 11 is 3.48. The normalized spacial score (nSPS) is 25.4. The summed E-state index contributed by atoms with van der Waals surface area (Å²) in [5, 5.41) is 0. The SMILES string of the molecule is CCC1(N)CCOc2c(Br)cccc21. The van der Waals surface area contributed by atoms with E-state index in [-0.39, 0.29) is 5.54 Å². The molecule has 0 amide bonds. The van der Waals surface area contributed by atoms with Gasteiger partial charge in [0, 0.05) is 17.5 Å². The van der Waals surface area contributed by atoms with Gasteiger partial charge < -0.3 is 10.5 Å². The van der Waals surface area contributed by atoms with Crippen molar-refractivity contribution in [1.82, 2.24) is 0 Å². The van der Waals surface area contributed by atoms with Crippen molar-refractivity contribution in [3.05, 3.63) is 28.2 Å². The molecule has 1 aromatic rings. The van der Waals surface area contributed by atoms with E-state index in [9.17, 15) is 0 Å². The molecule has 1 aliphatic heterocycles. The lowest BCUT2D eigenvalue weighted by atomic mass is 9.83. The number of nitrogens with two attached hydrogens (primary N) is 1. The molecule has 0 spiro atoms. The predicted molar refractivity (Wildman–Crippen MR) is 60.4 cm³/mol. The molecule has 1 heterocycles. The minimum absolute atomic E-state index is 0.211. The van der Waals surface area contributed by atoms with Crippen LogP contribution in [0.2, 0.25) is 0 Å². The Labute approximate surface area is 92.6 Å². The average Bonchev–Trinajstić information content (AvgIpc) is 2.20. The second kappa shape index (κ2) is 3.55. The minimum Gasteiger partial charge on any atom is -0.492 e. The molecular weight excluding hydrogens is 242 g/mol. The van der Waals surface area contributed by atoms with Crippen LogP contribution in [0.4, 0.5) is 0 Å². The van der Waals surface area contributed by atoms with Crippen LogP contribution in [0.15, 0.2) is 22.7 Å². The quantitative estimate of drug-likeness (QED) is 0.838. The number of para-hydroxylation sites is 1. The van der Waals surface area contributed by atoms with E-state index >= 15 is 0 Å². The van der Waals surface area contributed by atoms with Crippen LogP contribution in [0.1, 0.15) is 25.3 Å². The fourth-order valence-electron chi connectivity index (χ4n) is 1.88. The van der Waals surface area contributed by atoms with Gasteiger partial charge in [0.2, 0.25) is 0 Å². The Morgan fingerprint density at radius 2 is 2.36 bits per heavy atom. The maximum Gasteiger partial charge on any atom is 0.138 e. The summed E-state index contributed by atoms with van der Waals surface area (Å²) in [6.07, 6.45) is 1.84. The summed E-state index contributed by atoms with van der Waals surface area (Å²) < 4.78 is 6.62. The lowest BCUT2D eigenvalue weighted by molar-refractivity contribution is 0.211. The molecule has 2 N–H and O–H groups in total. The molecule has 0 saturated carbocycles. The van der Waals surface area contributed by atoms with Crippen molar-refractivity contribution >= 4 is 15.9 Å². The van der Waals surface area contributed by atoms with E-state index < -0.39 is 0 Å². The highest BCUT2D eigenvalue weighted by atomic mass is 79.9. The van der Waals surface area contributed by atoms with Gasteiger partial charge >= 0.3 is 0 Å². The van der Waals surface area contributed by atoms with Crippen LogP contribution in [0.3, 0.4) is 0 Å². The Morgan fingerprint density at radius 1 is 1.57 bits per heavy atom. The fraction of sp³-hybridized carbons (Fsp3) is 0.455. The molecule has 1 unspecified atom stereocenters. The average molecular weight is 256 g/mol. The van der Waals surface area contributed by atoms with E-state index in [0.29, 0.717) is 6.61 Å². The van der Waals surface area contributed by atoms with Gasteiger partial charge in [-0.05, 0) is 28.4 Å². The Bertz CT molecular complexity index is 353. The number of halogens is 1. The summed E-state index contributed by atoms with van der Waals surface area (Å²) in [6.45, 7) is 2.83. The molecule has 14 heavy (non-hydrogen) atoms. The van der Waals surface area contributed by atoms with Crippen LogP contribution in [-0.2, 0) is 5.54 Å². The topological polar surface area (TPSA) is 35.2 Å². The largest absolute Gasteiger partial charge is 0.492 e. The highest BCUT2D eigenvalue weighted by Crippen LogP contribution is 2.41.